The highest BCUT2D eigenvalue weighted by Gasteiger charge is 2.18. The smallest absolute Gasteiger partial charge is 0.312 e. The maximum Gasteiger partial charge on any atom is 0.312 e. The number of carboxylic acids is 1. The Hall–Kier alpha value is -1.79. The number of carboxylic acid groups (broad SMARTS) is 1. The molecule has 3 heteroatoms. The first-order valence-corrected chi connectivity index (χ1v) is 5.17. The lowest BCUT2D eigenvalue weighted by Gasteiger charge is -2.13. The van der Waals surface area contributed by atoms with E-state index in [9.17, 15) is 4.79 Å². The number of nitrogens with one attached hydrogen (secondary N) is 1. The van der Waals surface area contributed by atoms with E-state index in [0.717, 1.165) is 5.56 Å². The summed E-state index contributed by atoms with van der Waals surface area (Å²) in [6.45, 7) is 1.05. The van der Waals surface area contributed by atoms with E-state index in [1.54, 1.807) is 0 Å². The predicted molar refractivity (Wildman–Crippen MR) is 63.1 cm³/mol. The molecule has 0 aromatic heterocycles. The fraction of sp³-hybridized carbons (Fsp3) is 0.308. The van der Waals surface area contributed by atoms with Crippen LogP contribution in [0, 0.1) is 12.3 Å². The summed E-state index contributed by atoms with van der Waals surface area (Å²) in [6.07, 6.45) is 5.72. The summed E-state index contributed by atoms with van der Waals surface area (Å²) in [5, 5.41) is 12.1. The monoisotopic (exact) mass is 217 g/mol. The second-order valence-corrected chi connectivity index (χ2v) is 3.46. The molecule has 0 amide bonds. The van der Waals surface area contributed by atoms with Crippen molar-refractivity contribution in [3.8, 4) is 12.3 Å². The maximum absolute atomic E-state index is 11.1. The number of carbonyl (C=O) groups is 1. The average molecular weight is 217 g/mol. The standard InChI is InChI=1S/C13H15NO2/c1-2-3-9-14-10-12(13(15)16)11-7-5-4-6-8-11/h1,4-8,12,14H,3,9-10H2,(H,15,16). The Kier molecular flexibility index (Phi) is 5.10. The zero-order valence-corrected chi connectivity index (χ0v) is 9.02. The molecule has 1 aromatic rings. The van der Waals surface area contributed by atoms with Crippen molar-refractivity contribution in [3.05, 3.63) is 35.9 Å². The Balaban J connectivity index is 2.56. The van der Waals surface area contributed by atoms with Gasteiger partial charge in [-0.25, -0.2) is 0 Å². The molecule has 0 fully saturated rings. The zero-order chi connectivity index (χ0) is 11.8. The summed E-state index contributed by atoms with van der Waals surface area (Å²) in [5.74, 6) is 1.17. The third-order valence-electron chi connectivity index (χ3n) is 2.29. The van der Waals surface area contributed by atoms with Crippen LogP contribution in [0.4, 0.5) is 0 Å². The fourth-order valence-electron chi connectivity index (χ4n) is 1.44. The van der Waals surface area contributed by atoms with Crippen molar-refractivity contribution in [2.75, 3.05) is 13.1 Å². The molecule has 0 aliphatic heterocycles. The van der Waals surface area contributed by atoms with Gasteiger partial charge >= 0.3 is 5.97 Å². The Bertz CT molecular complexity index is 367. The average Bonchev–Trinajstić information content (AvgIpc) is 2.30. The first kappa shape index (κ1) is 12.3. The Morgan fingerprint density at radius 2 is 2.12 bits per heavy atom. The molecule has 0 spiro atoms. The van der Waals surface area contributed by atoms with Crippen molar-refractivity contribution < 1.29 is 9.90 Å². The molecular weight excluding hydrogens is 202 g/mol. The van der Waals surface area contributed by atoms with Crippen molar-refractivity contribution in [1.82, 2.24) is 5.32 Å². The van der Waals surface area contributed by atoms with Crippen LogP contribution < -0.4 is 5.32 Å². The first-order valence-electron chi connectivity index (χ1n) is 5.17. The lowest BCUT2D eigenvalue weighted by atomic mass is 9.99. The number of rotatable bonds is 6. The van der Waals surface area contributed by atoms with E-state index in [-0.39, 0.29) is 0 Å². The summed E-state index contributed by atoms with van der Waals surface area (Å²) in [7, 11) is 0. The van der Waals surface area contributed by atoms with E-state index in [2.05, 4.69) is 11.2 Å². The second-order valence-electron chi connectivity index (χ2n) is 3.46. The molecule has 3 nitrogen and oxygen atoms in total. The van der Waals surface area contributed by atoms with Crippen LogP contribution in [-0.4, -0.2) is 24.2 Å². The molecule has 0 bridgehead atoms. The van der Waals surface area contributed by atoms with Gasteiger partial charge in [0.1, 0.15) is 0 Å². The van der Waals surface area contributed by atoms with Gasteiger partial charge in [-0.15, -0.1) is 12.3 Å². The lowest BCUT2D eigenvalue weighted by molar-refractivity contribution is -0.138. The van der Waals surface area contributed by atoms with Crippen molar-refractivity contribution >= 4 is 5.97 Å². The van der Waals surface area contributed by atoms with Crippen molar-refractivity contribution in [2.24, 2.45) is 0 Å². The van der Waals surface area contributed by atoms with Crippen molar-refractivity contribution in [2.45, 2.75) is 12.3 Å². The quantitative estimate of drug-likeness (QED) is 0.560. The summed E-state index contributed by atoms with van der Waals surface area (Å²) >= 11 is 0. The van der Waals surface area contributed by atoms with Crippen LogP contribution in [-0.2, 0) is 4.79 Å². The molecule has 0 radical (unpaired) electrons. The van der Waals surface area contributed by atoms with E-state index in [0.29, 0.717) is 19.5 Å². The maximum atomic E-state index is 11.1. The highest BCUT2D eigenvalue weighted by Crippen LogP contribution is 2.14. The van der Waals surface area contributed by atoms with Crippen LogP contribution in [0.1, 0.15) is 17.9 Å². The molecule has 1 aromatic carbocycles. The molecule has 0 heterocycles. The zero-order valence-electron chi connectivity index (χ0n) is 9.02. The van der Waals surface area contributed by atoms with E-state index in [1.165, 1.54) is 0 Å². The molecule has 1 unspecified atom stereocenters. The van der Waals surface area contributed by atoms with Gasteiger partial charge in [-0.3, -0.25) is 4.79 Å². The Labute approximate surface area is 95.5 Å². The number of aliphatic carboxylic acids is 1. The summed E-state index contributed by atoms with van der Waals surface area (Å²) in [6, 6.07) is 9.19. The minimum Gasteiger partial charge on any atom is -0.481 e. The molecule has 0 aliphatic rings. The van der Waals surface area contributed by atoms with Gasteiger partial charge in [-0.05, 0) is 5.56 Å². The van der Waals surface area contributed by atoms with Crippen molar-refractivity contribution in [3.63, 3.8) is 0 Å². The molecule has 0 saturated heterocycles. The number of benzene rings is 1. The van der Waals surface area contributed by atoms with E-state index >= 15 is 0 Å². The van der Waals surface area contributed by atoms with Gasteiger partial charge in [0, 0.05) is 19.5 Å². The number of terminal acetylenes is 1. The molecule has 1 rings (SSSR count). The Morgan fingerprint density at radius 3 is 2.69 bits per heavy atom. The highest BCUT2D eigenvalue weighted by molar-refractivity contribution is 5.76. The minimum absolute atomic E-state index is 0.404. The molecule has 16 heavy (non-hydrogen) atoms. The van der Waals surface area contributed by atoms with Gasteiger partial charge in [0.2, 0.25) is 0 Å². The van der Waals surface area contributed by atoms with Crippen LogP contribution in [0.5, 0.6) is 0 Å². The lowest BCUT2D eigenvalue weighted by Crippen LogP contribution is -2.27. The fourth-order valence-corrected chi connectivity index (χ4v) is 1.44. The minimum atomic E-state index is -0.820. The SMILES string of the molecule is C#CCCNCC(C(=O)O)c1ccccc1. The van der Waals surface area contributed by atoms with E-state index in [1.807, 2.05) is 30.3 Å². The molecule has 2 N–H and O–H groups in total. The van der Waals surface area contributed by atoms with Crippen molar-refractivity contribution in [1.29, 1.82) is 0 Å². The first-order chi connectivity index (χ1) is 7.75. The topological polar surface area (TPSA) is 49.3 Å². The van der Waals surface area contributed by atoms with Crippen LogP contribution in [0.2, 0.25) is 0 Å². The molecule has 84 valence electrons. The van der Waals surface area contributed by atoms with Gasteiger partial charge in [0.15, 0.2) is 0 Å². The van der Waals surface area contributed by atoms with E-state index in [4.69, 9.17) is 11.5 Å². The van der Waals surface area contributed by atoms with Crippen LogP contribution >= 0.6 is 0 Å². The van der Waals surface area contributed by atoms with Gasteiger partial charge in [-0.2, -0.15) is 0 Å². The van der Waals surface area contributed by atoms with Gasteiger partial charge < -0.3 is 10.4 Å². The highest BCUT2D eigenvalue weighted by atomic mass is 16.4. The van der Waals surface area contributed by atoms with Gasteiger partial charge in [0.25, 0.3) is 0 Å². The number of hydrogen-bond acceptors (Lipinski definition) is 2. The van der Waals surface area contributed by atoms with E-state index < -0.39 is 11.9 Å². The van der Waals surface area contributed by atoms with Gasteiger partial charge in [-0.1, -0.05) is 30.3 Å². The number of hydrogen-bond donors (Lipinski definition) is 2. The van der Waals surface area contributed by atoms with Gasteiger partial charge in [0.05, 0.1) is 5.92 Å². The van der Waals surface area contributed by atoms with Crippen LogP contribution in [0.3, 0.4) is 0 Å². The molecule has 1 atom stereocenters. The Morgan fingerprint density at radius 1 is 1.44 bits per heavy atom. The molecule has 0 aliphatic carbocycles. The summed E-state index contributed by atoms with van der Waals surface area (Å²) < 4.78 is 0. The normalized spacial score (nSPS) is 11.7. The summed E-state index contributed by atoms with van der Waals surface area (Å²) in [5.41, 5.74) is 0.809. The molecule has 0 saturated carbocycles. The predicted octanol–water partition coefficient (Wildman–Crippen LogP) is 1.47. The summed E-state index contributed by atoms with van der Waals surface area (Å²) in [4.78, 5) is 11.1. The largest absolute Gasteiger partial charge is 0.481 e. The van der Waals surface area contributed by atoms with Crippen LogP contribution in [0.15, 0.2) is 30.3 Å². The third-order valence-corrected chi connectivity index (χ3v) is 2.29. The molecular formula is C13H15NO2. The third kappa shape index (κ3) is 3.76. The second kappa shape index (κ2) is 6.65. The van der Waals surface area contributed by atoms with Crippen LogP contribution in [0.25, 0.3) is 0 Å².